The van der Waals surface area contributed by atoms with Crippen molar-refractivity contribution in [3.63, 3.8) is 0 Å². The third kappa shape index (κ3) is 5.60. The Balaban J connectivity index is 0.938. The molecule has 3 heterocycles. The maximum Gasteiger partial charge on any atom is 0.160 e. The van der Waals surface area contributed by atoms with E-state index in [1.54, 1.807) is 0 Å². The van der Waals surface area contributed by atoms with E-state index in [2.05, 4.69) is 182 Å². The summed E-state index contributed by atoms with van der Waals surface area (Å²) in [5.41, 5.74) is 10.2. The van der Waals surface area contributed by atoms with Crippen molar-refractivity contribution in [2.24, 2.45) is 0 Å². The summed E-state index contributed by atoms with van der Waals surface area (Å²) in [5, 5.41) is 11.4. The van der Waals surface area contributed by atoms with Gasteiger partial charge in [-0.2, -0.15) is 0 Å². The first-order chi connectivity index (χ1) is 29.2. The van der Waals surface area contributed by atoms with Gasteiger partial charge in [0.15, 0.2) is 5.82 Å². The molecule has 0 N–H and O–H groups in total. The summed E-state index contributed by atoms with van der Waals surface area (Å²) in [6.07, 6.45) is 0. The molecule has 4 heteroatoms. The van der Waals surface area contributed by atoms with E-state index in [1.807, 2.05) is 29.5 Å². The number of aromatic nitrogens is 3. The quantitative estimate of drug-likeness (QED) is 0.164. The van der Waals surface area contributed by atoms with E-state index < -0.39 is 0 Å². The van der Waals surface area contributed by atoms with Crippen LogP contribution in [0, 0.1) is 0 Å². The molecule has 0 atom stereocenters. The van der Waals surface area contributed by atoms with Crippen LogP contribution in [-0.4, -0.2) is 15.0 Å². The Hall–Kier alpha value is -7.53. The lowest BCUT2D eigenvalue weighted by atomic mass is 9.92. The van der Waals surface area contributed by atoms with E-state index in [4.69, 9.17) is 15.0 Å². The highest BCUT2D eigenvalue weighted by molar-refractivity contribution is 7.26. The molecule has 0 unspecified atom stereocenters. The molecule has 274 valence electrons. The van der Waals surface area contributed by atoms with Crippen LogP contribution < -0.4 is 0 Å². The zero-order valence-corrected chi connectivity index (χ0v) is 32.6. The van der Waals surface area contributed by atoms with Gasteiger partial charge in [0.25, 0.3) is 0 Å². The first-order valence-electron chi connectivity index (χ1n) is 19.9. The van der Waals surface area contributed by atoms with Crippen LogP contribution in [0.25, 0.3) is 120 Å². The lowest BCUT2D eigenvalue weighted by molar-refractivity contribution is 1.18. The van der Waals surface area contributed by atoms with Crippen LogP contribution in [0.2, 0.25) is 0 Å². The number of nitrogens with zero attached hydrogens (tertiary/aromatic N) is 3. The summed E-state index contributed by atoms with van der Waals surface area (Å²) in [7, 11) is 0. The minimum Gasteiger partial charge on any atom is -0.246 e. The van der Waals surface area contributed by atoms with Crippen molar-refractivity contribution in [3.05, 3.63) is 200 Å². The van der Waals surface area contributed by atoms with E-state index in [0.717, 1.165) is 50.4 Å². The minimum absolute atomic E-state index is 0.697. The van der Waals surface area contributed by atoms with Crippen molar-refractivity contribution in [2.75, 3.05) is 0 Å². The first-order valence-corrected chi connectivity index (χ1v) is 20.7. The summed E-state index contributed by atoms with van der Waals surface area (Å²) in [4.78, 5) is 15.5. The molecule has 0 fully saturated rings. The summed E-state index contributed by atoms with van der Waals surface area (Å²) < 4.78 is 2.48. The highest BCUT2D eigenvalue weighted by Gasteiger charge is 2.17. The smallest absolute Gasteiger partial charge is 0.160 e. The van der Waals surface area contributed by atoms with E-state index in [1.165, 1.54) is 63.4 Å². The van der Waals surface area contributed by atoms with Crippen molar-refractivity contribution in [2.45, 2.75) is 0 Å². The van der Waals surface area contributed by atoms with E-state index in [9.17, 15) is 0 Å². The van der Waals surface area contributed by atoms with Crippen LogP contribution >= 0.6 is 11.3 Å². The lowest BCUT2D eigenvalue weighted by Crippen LogP contribution is -1.96. The molecule has 3 aromatic heterocycles. The highest BCUT2D eigenvalue weighted by atomic mass is 32.1. The fourth-order valence-electron chi connectivity index (χ4n) is 8.81. The number of hydrogen-bond donors (Lipinski definition) is 0. The third-order valence-electron chi connectivity index (χ3n) is 11.7. The number of rotatable bonds is 5. The average molecular weight is 768 g/mol. The van der Waals surface area contributed by atoms with Gasteiger partial charge in [0.1, 0.15) is 0 Å². The Morgan fingerprint density at radius 3 is 1.46 bits per heavy atom. The maximum atomic E-state index is 5.23. The largest absolute Gasteiger partial charge is 0.246 e. The normalized spacial score (nSPS) is 11.7. The topological polar surface area (TPSA) is 38.7 Å². The van der Waals surface area contributed by atoms with Crippen LogP contribution in [0.5, 0.6) is 0 Å². The van der Waals surface area contributed by atoms with Gasteiger partial charge in [0.05, 0.1) is 27.3 Å². The van der Waals surface area contributed by atoms with Crippen LogP contribution in [0.4, 0.5) is 0 Å². The SMILES string of the molecule is c1ccc(-c2nc(-c3ccc(-c4ccc5c6ccccc6c6ccccc6c5c4)cc3)cc(-c3ccc(-c4nc5ccccc5c5c4sc4ccccc45)cc3)n2)cc1. The van der Waals surface area contributed by atoms with Gasteiger partial charge in [-0.3, -0.25) is 0 Å². The number of para-hydroxylation sites is 1. The Morgan fingerprint density at radius 1 is 0.305 bits per heavy atom. The molecule has 12 rings (SSSR count). The Morgan fingerprint density at radius 2 is 0.797 bits per heavy atom. The summed E-state index contributed by atoms with van der Waals surface area (Å²) in [6.45, 7) is 0. The third-order valence-corrected chi connectivity index (χ3v) is 12.9. The van der Waals surface area contributed by atoms with Crippen molar-refractivity contribution in [1.82, 2.24) is 15.0 Å². The van der Waals surface area contributed by atoms with Gasteiger partial charge in [0.2, 0.25) is 0 Å². The summed E-state index contributed by atoms with van der Waals surface area (Å²) in [6, 6.07) is 71.4. The second kappa shape index (κ2) is 13.6. The zero-order valence-electron chi connectivity index (χ0n) is 31.8. The molecule has 0 saturated carbocycles. The number of thiophene rings is 1. The van der Waals surface area contributed by atoms with Gasteiger partial charge < -0.3 is 0 Å². The number of pyridine rings is 1. The Labute approximate surface area is 344 Å². The van der Waals surface area contributed by atoms with Gasteiger partial charge in [-0.15, -0.1) is 11.3 Å². The van der Waals surface area contributed by atoms with E-state index in [-0.39, 0.29) is 0 Å². The minimum atomic E-state index is 0.697. The van der Waals surface area contributed by atoms with Gasteiger partial charge in [0, 0.05) is 43.1 Å². The molecule has 0 aliphatic rings. The van der Waals surface area contributed by atoms with Crippen LogP contribution in [-0.2, 0) is 0 Å². The standard InChI is InChI=1S/C55H33N3S/c1-2-12-38(13-3-1)55-57-49(35-24-22-34(23-25-35)39-30-31-44-42-16-5-4-14-40(42)41-15-6-7-17-43(41)47(44)32-39)33-50(58-55)36-26-28-37(29-27-36)53-54-52(45-18-8-10-20-48(45)56-53)46-19-9-11-21-51(46)59-54/h1-33H. The van der Waals surface area contributed by atoms with Crippen molar-refractivity contribution < 1.29 is 0 Å². The fraction of sp³-hybridized carbons (Fsp3) is 0. The molecule has 9 aromatic carbocycles. The number of hydrogen-bond acceptors (Lipinski definition) is 4. The van der Waals surface area contributed by atoms with Crippen LogP contribution in [0.3, 0.4) is 0 Å². The fourth-order valence-corrected chi connectivity index (χ4v) is 10.0. The Kier molecular flexibility index (Phi) is 7.72. The second-order valence-electron chi connectivity index (χ2n) is 15.1. The maximum absolute atomic E-state index is 5.23. The predicted molar refractivity (Wildman–Crippen MR) is 250 cm³/mol. The van der Waals surface area contributed by atoms with Gasteiger partial charge in [-0.25, -0.2) is 15.0 Å². The van der Waals surface area contributed by atoms with Crippen molar-refractivity contribution >= 4 is 74.7 Å². The lowest BCUT2D eigenvalue weighted by Gasteiger charge is -2.13. The van der Waals surface area contributed by atoms with Crippen molar-refractivity contribution in [1.29, 1.82) is 0 Å². The molecule has 0 bridgehead atoms. The molecular formula is C55H33N3S. The second-order valence-corrected chi connectivity index (χ2v) is 16.2. The molecule has 0 aliphatic heterocycles. The molecule has 0 amide bonds. The molecule has 3 nitrogen and oxygen atoms in total. The molecule has 12 aromatic rings. The van der Waals surface area contributed by atoms with Gasteiger partial charge in [-0.05, 0) is 67.7 Å². The van der Waals surface area contributed by atoms with Crippen LogP contribution in [0.1, 0.15) is 0 Å². The summed E-state index contributed by atoms with van der Waals surface area (Å²) in [5.74, 6) is 0.697. The monoisotopic (exact) mass is 767 g/mol. The molecule has 0 saturated heterocycles. The van der Waals surface area contributed by atoms with Crippen LogP contribution in [0.15, 0.2) is 200 Å². The molecule has 0 spiro atoms. The van der Waals surface area contributed by atoms with E-state index >= 15 is 0 Å². The molecule has 0 radical (unpaired) electrons. The molecule has 59 heavy (non-hydrogen) atoms. The number of fused-ring (bicyclic) bond motifs is 11. The number of benzene rings is 9. The van der Waals surface area contributed by atoms with Gasteiger partial charge >= 0.3 is 0 Å². The highest BCUT2D eigenvalue weighted by Crippen LogP contribution is 2.43. The van der Waals surface area contributed by atoms with Gasteiger partial charge in [-0.1, -0.05) is 176 Å². The summed E-state index contributed by atoms with van der Waals surface area (Å²) >= 11 is 1.81. The Bertz CT molecular complexity index is 3560. The zero-order chi connectivity index (χ0) is 38.9. The average Bonchev–Trinajstić information content (AvgIpc) is 3.72. The first kappa shape index (κ1) is 33.6. The van der Waals surface area contributed by atoms with Crippen molar-refractivity contribution in [3.8, 4) is 56.3 Å². The van der Waals surface area contributed by atoms with E-state index in [0.29, 0.717) is 5.82 Å². The molecular weight excluding hydrogens is 735 g/mol. The molecule has 0 aliphatic carbocycles. The predicted octanol–water partition coefficient (Wildman–Crippen LogP) is 15.2.